The molecule has 0 atom stereocenters. The van der Waals surface area contributed by atoms with E-state index in [2.05, 4.69) is 5.32 Å². The van der Waals surface area contributed by atoms with Crippen LogP contribution in [-0.2, 0) is 30.4 Å². The number of benzene rings is 1. The Morgan fingerprint density at radius 3 is 2.61 bits per heavy atom. The van der Waals surface area contributed by atoms with Gasteiger partial charge in [0.1, 0.15) is 5.58 Å². The average molecular weight is 391 g/mol. The Labute approximate surface area is 163 Å². The minimum atomic E-state index is -0.729. The number of ether oxygens (including phenoxy) is 3. The summed E-state index contributed by atoms with van der Waals surface area (Å²) >= 11 is 0. The zero-order chi connectivity index (χ0) is 20.4. The standard InChI is InChI=1S/C20H25NO7/c1-3-25-12-15-14-8-5-6-9-16(14)28-19(15)20(24)27-13-17(22)21-11-7-10-18(23)26-4-2/h5-6,8-9H,3-4,7,10-13H2,1-2H3,(H,21,22). The van der Waals surface area contributed by atoms with Crippen molar-refractivity contribution >= 4 is 28.8 Å². The first kappa shape index (κ1) is 21.4. The van der Waals surface area contributed by atoms with E-state index in [1.807, 2.05) is 19.1 Å². The van der Waals surface area contributed by atoms with Crippen LogP contribution in [0.4, 0.5) is 0 Å². The Morgan fingerprint density at radius 1 is 1.07 bits per heavy atom. The normalized spacial score (nSPS) is 10.6. The fourth-order valence-corrected chi connectivity index (χ4v) is 2.55. The topological polar surface area (TPSA) is 104 Å². The summed E-state index contributed by atoms with van der Waals surface area (Å²) in [6.07, 6.45) is 0.661. The van der Waals surface area contributed by atoms with Crippen LogP contribution in [0.1, 0.15) is 42.8 Å². The third-order valence-corrected chi connectivity index (χ3v) is 3.85. The van der Waals surface area contributed by atoms with E-state index in [4.69, 9.17) is 18.6 Å². The molecule has 0 unspecified atom stereocenters. The van der Waals surface area contributed by atoms with Gasteiger partial charge in [0.25, 0.3) is 5.91 Å². The van der Waals surface area contributed by atoms with Gasteiger partial charge in [-0.1, -0.05) is 18.2 Å². The summed E-state index contributed by atoms with van der Waals surface area (Å²) in [5.41, 5.74) is 1.14. The highest BCUT2D eigenvalue weighted by Crippen LogP contribution is 2.27. The van der Waals surface area contributed by atoms with Crippen molar-refractivity contribution < 1.29 is 33.0 Å². The number of carbonyl (C=O) groups excluding carboxylic acids is 3. The molecule has 8 nitrogen and oxygen atoms in total. The highest BCUT2D eigenvalue weighted by Gasteiger charge is 2.22. The highest BCUT2D eigenvalue weighted by atomic mass is 16.5. The van der Waals surface area contributed by atoms with E-state index >= 15 is 0 Å². The molecule has 152 valence electrons. The molecule has 0 radical (unpaired) electrons. The Balaban J connectivity index is 1.87. The number of hydrogen-bond donors (Lipinski definition) is 1. The van der Waals surface area contributed by atoms with Crippen molar-refractivity contribution in [2.45, 2.75) is 33.3 Å². The van der Waals surface area contributed by atoms with Crippen LogP contribution in [0.3, 0.4) is 0 Å². The molecule has 0 fully saturated rings. The van der Waals surface area contributed by atoms with E-state index in [9.17, 15) is 14.4 Å². The summed E-state index contributed by atoms with van der Waals surface area (Å²) in [5.74, 6) is -1.47. The molecule has 1 aromatic heterocycles. The van der Waals surface area contributed by atoms with E-state index < -0.39 is 18.5 Å². The number of nitrogens with one attached hydrogen (secondary N) is 1. The Kier molecular flexibility index (Phi) is 8.48. The number of amides is 1. The molecule has 0 bridgehead atoms. The SMILES string of the molecule is CCOCc1c(C(=O)OCC(=O)NCCCC(=O)OCC)oc2ccccc12. The van der Waals surface area contributed by atoms with Gasteiger partial charge in [0, 0.05) is 30.5 Å². The Morgan fingerprint density at radius 2 is 1.86 bits per heavy atom. The summed E-state index contributed by atoms with van der Waals surface area (Å²) in [6.45, 7) is 4.45. The van der Waals surface area contributed by atoms with Crippen LogP contribution >= 0.6 is 0 Å². The zero-order valence-electron chi connectivity index (χ0n) is 16.1. The first-order chi connectivity index (χ1) is 13.6. The van der Waals surface area contributed by atoms with Crippen LogP contribution in [0.2, 0.25) is 0 Å². The molecule has 0 saturated heterocycles. The molecule has 8 heteroatoms. The predicted molar refractivity (Wildman–Crippen MR) is 101 cm³/mol. The molecule has 0 spiro atoms. The first-order valence-electron chi connectivity index (χ1n) is 9.24. The lowest BCUT2D eigenvalue weighted by Crippen LogP contribution is -2.30. The van der Waals surface area contributed by atoms with E-state index in [1.54, 1.807) is 19.1 Å². The van der Waals surface area contributed by atoms with Gasteiger partial charge in [-0.3, -0.25) is 9.59 Å². The number of para-hydroxylation sites is 1. The number of esters is 2. The van der Waals surface area contributed by atoms with Crippen molar-refractivity contribution in [3.63, 3.8) is 0 Å². The lowest BCUT2D eigenvalue weighted by atomic mass is 10.1. The van der Waals surface area contributed by atoms with Crippen molar-refractivity contribution in [3.8, 4) is 0 Å². The first-order valence-corrected chi connectivity index (χ1v) is 9.24. The Hall–Kier alpha value is -2.87. The van der Waals surface area contributed by atoms with Crippen molar-refractivity contribution in [3.05, 3.63) is 35.6 Å². The summed E-state index contributed by atoms with van der Waals surface area (Å²) in [6, 6.07) is 7.22. The second-order valence-electron chi connectivity index (χ2n) is 5.88. The summed E-state index contributed by atoms with van der Waals surface area (Å²) in [5, 5.41) is 3.35. The maximum Gasteiger partial charge on any atom is 0.375 e. The molecular formula is C20H25NO7. The van der Waals surface area contributed by atoms with Gasteiger partial charge in [-0.2, -0.15) is 0 Å². The molecule has 1 heterocycles. The van der Waals surface area contributed by atoms with Gasteiger partial charge < -0.3 is 23.9 Å². The largest absolute Gasteiger partial charge is 0.466 e. The molecule has 0 aliphatic rings. The molecule has 1 aromatic carbocycles. The smallest absolute Gasteiger partial charge is 0.375 e. The summed E-state index contributed by atoms with van der Waals surface area (Å²) in [7, 11) is 0. The molecule has 0 aliphatic carbocycles. The second-order valence-corrected chi connectivity index (χ2v) is 5.88. The summed E-state index contributed by atoms with van der Waals surface area (Å²) < 4.78 is 20.9. The van der Waals surface area contributed by atoms with Gasteiger partial charge in [0.15, 0.2) is 6.61 Å². The van der Waals surface area contributed by atoms with E-state index in [0.717, 1.165) is 5.39 Å². The second kappa shape index (κ2) is 11.1. The van der Waals surface area contributed by atoms with Crippen LogP contribution in [0.5, 0.6) is 0 Å². The fourth-order valence-electron chi connectivity index (χ4n) is 2.55. The van der Waals surface area contributed by atoms with E-state index in [-0.39, 0.29) is 31.3 Å². The number of hydrogen-bond acceptors (Lipinski definition) is 7. The number of carbonyl (C=O) groups is 3. The van der Waals surface area contributed by atoms with E-state index in [0.29, 0.717) is 30.8 Å². The maximum atomic E-state index is 12.4. The Bertz CT molecular complexity index is 812. The zero-order valence-corrected chi connectivity index (χ0v) is 16.1. The monoisotopic (exact) mass is 391 g/mol. The van der Waals surface area contributed by atoms with Crippen molar-refractivity contribution in [2.24, 2.45) is 0 Å². The quantitative estimate of drug-likeness (QED) is 0.464. The predicted octanol–water partition coefficient (Wildman–Crippen LogP) is 2.59. The van der Waals surface area contributed by atoms with Gasteiger partial charge in [-0.25, -0.2) is 4.79 Å². The molecule has 1 N–H and O–H groups in total. The van der Waals surface area contributed by atoms with Gasteiger partial charge in [0.2, 0.25) is 5.76 Å². The number of furan rings is 1. The van der Waals surface area contributed by atoms with Gasteiger partial charge >= 0.3 is 11.9 Å². The third kappa shape index (κ3) is 6.09. The summed E-state index contributed by atoms with van der Waals surface area (Å²) in [4.78, 5) is 35.4. The highest BCUT2D eigenvalue weighted by molar-refractivity contribution is 5.96. The molecule has 2 aromatic rings. The van der Waals surface area contributed by atoms with Gasteiger partial charge in [-0.05, 0) is 26.3 Å². The van der Waals surface area contributed by atoms with Crippen molar-refractivity contribution in [2.75, 3.05) is 26.4 Å². The third-order valence-electron chi connectivity index (χ3n) is 3.85. The molecule has 28 heavy (non-hydrogen) atoms. The number of fused-ring (bicyclic) bond motifs is 1. The molecule has 0 aliphatic heterocycles. The van der Waals surface area contributed by atoms with Crippen molar-refractivity contribution in [1.82, 2.24) is 5.32 Å². The fraction of sp³-hybridized carbons (Fsp3) is 0.450. The lowest BCUT2D eigenvalue weighted by Gasteiger charge is -2.07. The van der Waals surface area contributed by atoms with Gasteiger partial charge in [0.05, 0.1) is 13.2 Å². The van der Waals surface area contributed by atoms with Gasteiger partial charge in [-0.15, -0.1) is 0 Å². The lowest BCUT2D eigenvalue weighted by molar-refractivity contribution is -0.143. The molecular weight excluding hydrogens is 366 g/mol. The van der Waals surface area contributed by atoms with Crippen LogP contribution in [-0.4, -0.2) is 44.2 Å². The molecule has 0 saturated carbocycles. The van der Waals surface area contributed by atoms with Crippen LogP contribution in [0.25, 0.3) is 11.0 Å². The minimum absolute atomic E-state index is 0.0322. The number of rotatable bonds is 11. The van der Waals surface area contributed by atoms with Crippen LogP contribution < -0.4 is 5.32 Å². The minimum Gasteiger partial charge on any atom is -0.466 e. The van der Waals surface area contributed by atoms with Crippen LogP contribution in [0.15, 0.2) is 28.7 Å². The molecule has 2 rings (SSSR count). The maximum absolute atomic E-state index is 12.4. The molecule has 1 amide bonds. The van der Waals surface area contributed by atoms with Crippen molar-refractivity contribution in [1.29, 1.82) is 0 Å². The van der Waals surface area contributed by atoms with Crippen LogP contribution in [0, 0.1) is 0 Å². The average Bonchev–Trinajstić information content (AvgIpc) is 3.06. The van der Waals surface area contributed by atoms with E-state index in [1.165, 1.54) is 0 Å².